The molecule has 3 aromatic rings. The van der Waals surface area contributed by atoms with Gasteiger partial charge in [0.2, 0.25) is 10.0 Å². The molecule has 0 aliphatic heterocycles. The fraction of sp³-hybridized carbons (Fsp3) is 0.278. The van der Waals surface area contributed by atoms with Crippen molar-refractivity contribution in [2.24, 2.45) is 11.0 Å². The number of ether oxygens (including phenoxy) is 1. The molecule has 0 unspecified atom stereocenters. The SMILES string of the molecule is COC(=O)[C@H](NS(=O)(=O)c1ccc2oc3cc(N=[N+]=[N-])ccc3c2c1)C(C)C. The monoisotopic (exact) mass is 402 g/mol. The standard InChI is InChI=1S/C18H18N4O5S/c1-10(2)17(18(23)26-3)21-28(24,25)12-5-7-15-14(9-12)13-6-4-11(20-22-19)8-16(13)27-15/h4-10,17,21H,1-3H3/t17-/m1/s1. The van der Waals surface area contributed by atoms with Gasteiger partial charge in [-0.15, -0.1) is 0 Å². The number of fused-ring (bicyclic) bond motifs is 3. The van der Waals surface area contributed by atoms with Gasteiger partial charge in [0.1, 0.15) is 17.2 Å². The van der Waals surface area contributed by atoms with E-state index in [0.29, 0.717) is 27.6 Å². The van der Waals surface area contributed by atoms with Crippen LogP contribution in [0.1, 0.15) is 13.8 Å². The van der Waals surface area contributed by atoms with E-state index < -0.39 is 22.0 Å². The van der Waals surface area contributed by atoms with Crippen LogP contribution >= 0.6 is 0 Å². The Balaban J connectivity index is 2.06. The predicted octanol–water partition coefficient (Wildman–Crippen LogP) is 4.00. The van der Waals surface area contributed by atoms with Crippen molar-refractivity contribution in [1.29, 1.82) is 0 Å². The zero-order chi connectivity index (χ0) is 20.5. The zero-order valence-electron chi connectivity index (χ0n) is 15.4. The Kier molecular flexibility index (Phi) is 5.28. The molecule has 0 radical (unpaired) electrons. The Morgan fingerprint density at radius 2 is 1.93 bits per heavy atom. The molecule has 1 heterocycles. The number of esters is 1. The van der Waals surface area contributed by atoms with Gasteiger partial charge >= 0.3 is 5.97 Å². The van der Waals surface area contributed by atoms with Gasteiger partial charge in [-0.3, -0.25) is 4.79 Å². The molecule has 1 aromatic heterocycles. The van der Waals surface area contributed by atoms with Gasteiger partial charge in [-0.1, -0.05) is 31.1 Å². The molecule has 0 aliphatic carbocycles. The van der Waals surface area contributed by atoms with Crippen molar-refractivity contribution in [2.75, 3.05) is 7.11 Å². The number of rotatable bonds is 6. The normalized spacial score (nSPS) is 12.9. The molecular formula is C18H18N4O5S. The van der Waals surface area contributed by atoms with E-state index in [1.807, 2.05) is 0 Å². The van der Waals surface area contributed by atoms with Gasteiger partial charge in [0.25, 0.3) is 0 Å². The Hall–Kier alpha value is -3.07. The van der Waals surface area contributed by atoms with Crippen molar-refractivity contribution < 1.29 is 22.4 Å². The van der Waals surface area contributed by atoms with Gasteiger partial charge in [0.05, 0.1) is 12.0 Å². The zero-order valence-corrected chi connectivity index (χ0v) is 16.2. The van der Waals surface area contributed by atoms with Crippen LogP contribution < -0.4 is 4.72 Å². The molecule has 2 aromatic carbocycles. The first-order valence-electron chi connectivity index (χ1n) is 8.38. The van der Waals surface area contributed by atoms with Crippen LogP contribution in [-0.2, 0) is 19.6 Å². The quantitative estimate of drug-likeness (QED) is 0.288. The lowest BCUT2D eigenvalue weighted by atomic mass is 10.1. The third kappa shape index (κ3) is 3.65. The Labute approximate surface area is 160 Å². The number of azide groups is 1. The van der Waals surface area contributed by atoms with Crippen molar-refractivity contribution >= 4 is 43.6 Å². The summed E-state index contributed by atoms with van der Waals surface area (Å²) in [6.45, 7) is 3.44. The number of furan rings is 1. The minimum absolute atomic E-state index is 0.00336. The highest BCUT2D eigenvalue weighted by Crippen LogP contribution is 2.33. The number of sulfonamides is 1. The van der Waals surface area contributed by atoms with E-state index in [4.69, 9.17) is 9.95 Å². The number of hydrogen-bond donors (Lipinski definition) is 1. The molecule has 0 spiro atoms. The summed E-state index contributed by atoms with van der Waals surface area (Å²) >= 11 is 0. The van der Waals surface area contributed by atoms with Crippen molar-refractivity contribution in [1.82, 2.24) is 4.72 Å². The summed E-state index contributed by atoms with van der Waals surface area (Å²) in [5.74, 6) is -0.946. The molecule has 1 atom stereocenters. The second-order valence-electron chi connectivity index (χ2n) is 6.50. The Bertz CT molecular complexity index is 1210. The third-order valence-electron chi connectivity index (χ3n) is 4.30. The van der Waals surface area contributed by atoms with Crippen LogP contribution in [0.5, 0.6) is 0 Å². The molecule has 0 bridgehead atoms. The van der Waals surface area contributed by atoms with Crippen LogP contribution in [0.15, 0.2) is 50.8 Å². The van der Waals surface area contributed by atoms with E-state index in [2.05, 4.69) is 19.5 Å². The number of carbonyl (C=O) groups is 1. The van der Waals surface area contributed by atoms with Crippen LogP contribution in [-0.4, -0.2) is 27.5 Å². The van der Waals surface area contributed by atoms with Crippen LogP contribution in [0.4, 0.5) is 5.69 Å². The molecule has 0 aliphatic rings. The fourth-order valence-electron chi connectivity index (χ4n) is 2.84. The summed E-state index contributed by atoms with van der Waals surface area (Å²) < 4.78 is 38.4. The average Bonchev–Trinajstić information content (AvgIpc) is 3.02. The van der Waals surface area contributed by atoms with Crippen LogP contribution in [0.2, 0.25) is 0 Å². The fourth-order valence-corrected chi connectivity index (χ4v) is 4.20. The highest BCUT2D eigenvalue weighted by molar-refractivity contribution is 7.89. The molecule has 9 nitrogen and oxygen atoms in total. The first kappa shape index (κ1) is 19.7. The first-order valence-corrected chi connectivity index (χ1v) is 9.86. The van der Waals surface area contributed by atoms with Crippen molar-refractivity contribution in [3.8, 4) is 0 Å². The molecule has 10 heteroatoms. The topological polar surface area (TPSA) is 134 Å². The number of methoxy groups -OCH3 is 1. The summed E-state index contributed by atoms with van der Waals surface area (Å²) in [6.07, 6.45) is 0. The van der Waals surface area contributed by atoms with E-state index in [1.54, 1.807) is 38.1 Å². The maximum Gasteiger partial charge on any atom is 0.324 e. The highest BCUT2D eigenvalue weighted by Gasteiger charge is 2.29. The van der Waals surface area contributed by atoms with Crippen molar-refractivity contribution in [3.05, 3.63) is 46.8 Å². The maximum atomic E-state index is 12.8. The first-order chi connectivity index (χ1) is 13.3. The number of nitrogens with one attached hydrogen (secondary N) is 1. The summed E-state index contributed by atoms with van der Waals surface area (Å²) in [6, 6.07) is 8.30. The average molecular weight is 402 g/mol. The Morgan fingerprint density at radius 3 is 2.57 bits per heavy atom. The van der Waals surface area contributed by atoms with Gasteiger partial charge in [-0.05, 0) is 35.7 Å². The summed E-state index contributed by atoms with van der Waals surface area (Å²) in [5.41, 5.74) is 9.89. The molecule has 0 saturated heterocycles. The number of carbonyl (C=O) groups excluding carboxylic acids is 1. The second kappa shape index (κ2) is 7.51. The number of benzene rings is 2. The molecule has 0 fully saturated rings. The van der Waals surface area contributed by atoms with E-state index in [1.165, 1.54) is 19.2 Å². The summed E-state index contributed by atoms with van der Waals surface area (Å²) in [7, 11) is -2.76. The van der Waals surface area contributed by atoms with E-state index in [-0.39, 0.29) is 10.8 Å². The Morgan fingerprint density at radius 1 is 1.18 bits per heavy atom. The van der Waals surface area contributed by atoms with E-state index in [0.717, 1.165) is 0 Å². The van der Waals surface area contributed by atoms with Crippen molar-refractivity contribution in [3.63, 3.8) is 0 Å². The summed E-state index contributed by atoms with van der Waals surface area (Å²) in [4.78, 5) is 14.6. The third-order valence-corrected chi connectivity index (χ3v) is 5.74. The minimum atomic E-state index is -3.97. The van der Waals surface area contributed by atoms with Gasteiger partial charge in [0, 0.05) is 21.4 Å². The highest BCUT2D eigenvalue weighted by atomic mass is 32.2. The second-order valence-corrected chi connectivity index (χ2v) is 8.21. The van der Waals surface area contributed by atoms with Crippen LogP contribution in [0.3, 0.4) is 0 Å². The smallest absolute Gasteiger partial charge is 0.324 e. The van der Waals surface area contributed by atoms with E-state index in [9.17, 15) is 13.2 Å². The van der Waals surface area contributed by atoms with Gasteiger partial charge in [-0.2, -0.15) is 4.72 Å². The van der Waals surface area contributed by atoms with Crippen molar-refractivity contribution in [2.45, 2.75) is 24.8 Å². The lowest BCUT2D eigenvalue weighted by molar-refractivity contribution is -0.143. The number of nitrogens with zero attached hydrogens (tertiary/aromatic N) is 3. The largest absolute Gasteiger partial charge is 0.468 e. The van der Waals surface area contributed by atoms with Crippen LogP contribution in [0.25, 0.3) is 32.4 Å². The molecular weight excluding hydrogens is 384 g/mol. The minimum Gasteiger partial charge on any atom is -0.468 e. The lowest BCUT2D eigenvalue weighted by Gasteiger charge is -2.19. The lowest BCUT2D eigenvalue weighted by Crippen LogP contribution is -2.44. The number of hydrogen-bond acceptors (Lipinski definition) is 6. The van der Waals surface area contributed by atoms with Gasteiger partial charge in [-0.25, -0.2) is 8.42 Å². The van der Waals surface area contributed by atoms with Crippen LogP contribution in [0, 0.1) is 5.92 Å². The molecule has 28 heavy (non-hydrogen) atoms. The predicted molar refractivity (Wildman–Crippen MR) is 103 cm³/mol. The molecule has 146 valence electrons. The maximum absolute atomic E-state index is 12.8. The molecule has 3 rings (SSSR count). The van der Waals surface area contributed by atoms with Gasteiger partial charge in [0.15, 0.2) is 0 Å². The summed E-state index contributed by atoms with van der Waals surface area (Å²) in [5, 5.41) is 4.79. The van der Waals surface area contributed by atoms with Gasteiger partial charge < -0.3 is 9.15 Å². The molecule has 1 N–H and O–H groups in total. The van der Waals surface area contributed by atoms with E-state index >= 15 is 0 Å². The molecule has 0 saturated carbocycles. The molecule has 0 amide bonds.